The van der Waals surface area contributed by atoms with Crippen LogP contribution in [0.4, 0.5) is 0 Å². The largest absolute Gasteiger partial charge is 0.478 e. The minimum atomic E-state index is -0.925. The van der Waals surface area contributed by atoms with E-state index in [1.165, 1.54) is 0 Å². The molecule has 0 aliphatic heterocycles. The Bertz CT molecular complexity index is 380. The van der Waals surface area contributed by atoms with Gasteiger partial charge >= 0.3 is 5.97 Å². The quantitative estimate of drug-likeness (QED) is 0.599. The molecule has 0 unspecified atom stereocenters. The van der Waals surface area contributed by atoms with Crippen molar-refractivity contribution >= 4 is 23.4 Å². The second-order valence-electron chi connectivity index (χ2n) is 4.25. The third-order valence-electron chi connectivity index (χ3n) is 2.18. The van der Waals surface area contributed by atoms with Crippen LogP contribution in [0.2, 0.25) is 0 Å². The van der Waals surface area contributed by atoms with Crippen molar-refractivity contribution in [3.8, 4) is 0 Å². The molecule has 0 saturated carbocycles. The van der Waals surface area contributed by atoms with Gasteiger partial charge in [0, 0.05) is 17.6 Å². The van der Waals surface area contributed by atoms with Crippen molar-refractivity contribution in [2.75, 3.05) is 6.61 Å². The van der Waals surface area contributed by atoms with Crippen LogP contribution >= 0.6 is 11.3 Å². The van der Waals surface area contributed by atoms with Crippen molar-refractivity contribution < 1.29 is 14.6 Å². The van der Waals surface area contributed by atoms with Crippen LogP contribution in [0.25, 0.3) is 6.08 Å². The number of carboxylic acid groups (broad SMARTS) is 1. The maximum absolute atomic E-state index is 10.3. The molecule has 1 aromatic heterocycles. The molecular weight excluding hydrogens is 236 g/mol. The number of thiophene rings is 1. The van der Waals surface area contributed by atoms with E-state index in [2.05, 4.69) is 13.8 Å². The minimum Gasteiger partial charge on any atom is -0.478 e. The zero-order chi connectivity index (χ0) is 12.7. The lowest BCUT2D eigenvalue weighted by molar-refractivity contribution is -0.131. The first-order valence-corrected chi connectivity index (χ1v) is 6.52. The molecule has 3 nitrogen and oxygen atoms in total. The molecule has 1 N–H and O–H groups in total. The van der Waals surface area contributed by atoms with Gasteiger partial charge in [0.25, 0.3) is 0 Å². The third kappa shape index (κ3) is 6.24. The van der Waals surface area contributed by atoms with Gasteiger partial charge in [-0.05, 0) is 35.4 Å². The summed E-state index contributed by atoms with van der Waals surface area (Å²) in [5.41, 5.74) is 0.917. The Balaban J connectivity index is 2.33. The Morgan fingerprint density at radius 1 is 1.59 bits per heavy atom. The molecule has 0 bridgehead atoms. The first kappa shape index (κ1) is 13.9. The van der Waals surface area contributed by atoms with Crippen LogP contribution in [0.15, 0.2) is 17.5 Å². The average Bonchev–Trinajstić information content (AvgIpc) is 2.69. The fourth-order valence-electron chi connectivity index (χ4n) is 1.22. The molecule has 1 rings (SSSR count). The average molecular weight is 254 g/mol. The van der Waals surface area contributed by atoms with Gasteiger partial charge in [-0.1, -0.05) is 13.8 Å². The van der Waals surface area contributed by atoms with Gasteiger partial charge in [0.05, 0.1) is 6.61 Å². The normalized spacial score (nSPS) is 11.5. The SMILES string of the molecule is CC(C)CCOCc1cc(C=CC(=O)O)cs1. The van der Waals surface area contributed by atoms with Gasteiger partial charge in [0.1, 0.15) is 0 Å². The van der Waals surface area contributed by atoms with Crippen molar-refractivity contribution in [2.24, 2.45) is 5.92 Å². The zero-order valence-electron chi connectivity index (χ0n) is 10.2. The van der Waals surface area contributed by atoms with E-state index in [0.717, 1.165) is 29.5 Å². The number of carbonyl (C=O) groups is 1. The summed E-state index contributed by atoms with van der Waals surface area (Å²) in [4.78, 5) is 11.5. The van der Waals surface area contributed by atoms with Crippen molar-refractivity contribution in [1.29, 1.82) is 0 Å². The van der Waals surface area contributed by atoms with Gasteiger partial charge in [-0.15, -0.1) is 11.3 Å². The predicted molar refractivity (Wildman–Crippen MR) is 70.1 cm³/mol. The molecule has 0 saturated heterocycles. The van der Waals surface area contributed by atoms with E-state index < -0.39 is 5.97 Å². The molecule has 0 aromatic carbocycles. The molecular formula is C13H18O3S. The lowest BCUT2D eigenvalue weighted by atomic mass is 10.1. The minimum absolute atomic E-state index is 0.609. The molecule has 0 aliphatic rings. The summed E-state index contributed by atoms with van der Waals surface area (Å²) in [5.74, 6) is -0.265. The monoisotopic (exact) mass is 254 g/mol. The highest BCUT2D eigenvalue weighted by atomic mass is 32.1. The topological polar surface area (TPSA) is 46.5 Å². The molecule has 1 aromatic rings. The zero-order valence-corrected chi connectivity index (χ0v) is 11.0. The molecule has 4 heteroatoms. The van der Waals surface area contributed by atoms with Gasteiger partial charge in [0.2, 0.25) is 0 Å². The highest BCUT2D eigenvalue weighted by Gasteiger charge is 1.99. The molecule has 94 valence electrons. The van der Waals surface area contributed by atoms with Gasteiger partial charge in [-0.3, -0.25) is 0 Å². The standard InChI is InChI=1S/C13H18O3S/c1-10(2)5-6-16-8-12-7-11(9-17-12)3-4-13(14)15/h3-4,7,9-10H,5-6,8H2,1-2H3,(H,14,15). The maximum atomic E-state index is 10.3. The van der Waals surface area contributed by atoms with E-state index in [0.29, 0.717) is 12.5 Å². The molecule has 0 radical (unpaired) electrons. The number of rotatable bonds is 7. The number of carboxylic acids is 1. The molecule has 0 aliphatic carbocycles. The Kier molecular flexibility index (Phi) is 5.94. The number of ether oxygens (including phenoxy) is 1. The van der Waals surface area contributed by atoms with Crippen LogP contribution in [-0.4, -0.2) is 17.7 Å². The maximum Gasteiger partial charge on any atom is 0.328 e. The van der Waals surface area contributed by atoms with Crippen LogP contribution in [-0.2, 0) is 16.1 Å². The van der Waals surface area contributed by atoms with E-state index in [-0.39, 0.29) is 0 Å². The highest BCUT2D eigenvalue weighted by molar-refractivity contribution is 7.10. The second-order valence-corrected chi connectivity index (χ2v) is 5.25. The molecule has 0 amide bonds. The molecule has 1 heterocycles. The first-order valence-electron chi connectivity index (χ1n) is 5.64. The van der Waals surface area contributed by atoms with E-state index in [1.807, 2.05) is 11.4 Å². The summed E-state index contributed by atoms with van der Waals surface area (Å²) in [7, 11) is 0. The van der Waals surface area contributed by atoms with Crippen molar-refractivity contribution in [3.05, 3.63) is 28.0 Å². The predicted octanol–water partition coefficient (Wildman–Crippen LogP) is 3.41. The van der Waals surface area contributed by atoms with Crippen LogP contribution in [0.5, 0.6) is 0 Å². The third-order valence-corrected chi connectivity index (χ3v) is 3.10. The summed E-state index contributed by atoms with van der Waals surface area (Å²) in [5, 5.41) is 10.4. The van der Waals surface area contributed by atoms with Crippen molar-refractivity contribution in [1.82, 2.24) is 0 Å². The summed E-state index contributed by atoms with van der Waals surface area (Å²) >= 11 is 1.59. The summed E-state index contributed by atoms with van der Waals surface area (Å²) in [6, 6.07) is 1.96. The fraction of sp³-hybridized carbons (Fsp3) is 0.462. The molecule has 17 heavy (non-hydrogen) atoms. The number of hydrogen-bond donors (Lipinski definition) is 1. The molecule has 0 fully saturated rings. The summed E-state index contributed by atoms with van der Waals surface area (Å²) in [6.45, 7) is 5.72. The van der Waals surface area contributed by atoms with Crippen LogP contribution in [0.1, 0.15) is 30.7 Å². The first-order chi connectivity index (χ1) is 8.08. The van der Waals surface area contributed by atoms with E-state index >= 15 is 0 Å². The van der Waals surface area contributed by atoms with Gasteiger partial charge < -0.3 is 9.84 Å². The van der Waals surface area contributed by atoms with E-state index in [1.54, 1.807) is 17.4 Å². The highest BCUT2D eigenvalue weighted by Crippen LogP contribution is 2.17. The lowest BCUT2D eigenvalue weighted by Gasteiger charge is -2.04. The molecule has 0 atom stereocenters. The van der Waals surface area contributed by atoms with Gasteiger partial charge in [-0.25, -0.2) is 4.79 Å². The van der Waals surface area contributed by atoms with E-state index in [9.17, 15) is 4.79 Å². The summed E-state index contributed by atoms with van der Waals surface area (Å²) in [6.07, 6.45) is 3.80. The van der Waals surface area contributed by atoms with Crippen LogP contribution < -0.4 is 0 Å². The Hall–Kier alpha value is -1.13. The van der Waals surface area contributed by atoms with Gasteiger partial charge in [-0.2, -0.15) is 0 Å². The fourth-order valence-corrected chi connectivity index (χ4v) is 2.01. The Morgan fingerprint density at radius 2 is 2.35 bits per heavy atom. The summed E-state index contributed by atoms with van der Waals surface area (Å²) < 4.78 is 5.54. The van der Waals surface area contributed by atoms with E-state index in [4.69, 9.17) is 9.84 Å². The van der Waals surface area contributed by atoms with Crippen LogP contribution in [0, 0.1) is 5.92 Å². The molecule has 0 spiro atoms. The Morgan fingerprint density at radius 3 is 3.00 bits per heavy atom. The van der Waals surface area contributed by atoms with Crippen molar-refractivity contribution in [3.63, 3.8) is 0 Å². The number of aliphatic carboxylic acids is 1. The smallest absolute Gasteiger partial charge is 0.328 e. The second kappa shape index (κ2) is 7.25. The Labute approximate surface area is 106 Å². The lowest BCUT2D eigenvalue weighted by Crippen LogP contribution is -1.98. The van der Waals surface area contributed by atoms with Crippen molar-refractivity contribution in [2.45, 2.75) is 26.9 Å². The number of hydrogen-bond acceptors (Lipinski definition) is 3. The van der Waals surface area contributed by atoms with Crippen LogP contribution in [0.3, 0.4) is 0 Å². The van der Waals surface area contributed by atoms with Gasteiger partial charge in [0.15, 0.2) is 0 Å².